The molecule has 2 fully saturated rings. The minimum Gasteiger partial charge on any atom is -0.481 e. The van der Waals surface area contributed by atoms with E-state index >= 15 is 0 Å². The van der Waals surface area contributed by atoms with E-state index < -0.39 is 17.8 Å². The maximum absolute atomic E-state index is 13.0. The number of halogens is 2. The molecule has 0 bridgehead atoms. The molecule has 2 amide bonds. The Bertz CT molecular complexity index is 1000. The van der Waals surface area contributed by atoms with E-state index in [1.165, 1.54) is 11.3 Å². The van der Waals surface area contributed by atoms with E-state index in [4.69, 9.17) is 23.2 Å². The molecule has 2 aromatic rings. The van der Waals surface area contributed by atoms with Crippen LogP contribution in [0.5, 0.6) is 0 Å². The molecule has 2 unspecified atom stereocenters. The third-order valence-corrected chi connectivity index (χ3v) is 7.94. The molecule has 30 heavy (non-hydrogen) atoms. The molecule has 2 heterocycles. The smallest absolute Gasteiger partial charge is 0.307 e. The summed E-state index contributed by atoms with van der Waals surface area (Å²) in [5.41, 5.74) is 0. The van der Waals surface area contributed by atoms with E-state index in [1.54, 1.807) is 21.9 Å². The Morgan fingerprint density at radius 3 is 2.27 bits per heavy atom. The van der Waals surface area contributed by atoms with Crippen molar-refractivity contribution >= 4 is 62.4 Å². The van der Waals surface area contributed by atoms with E-state index in [0.717, 1.165) is 22.9 Å². The van der Waals surface area contributed by atoms with Gasteiger partial charge in [0.2, 0.25) is 5.91 Å². The summed E-state index contributed by atoms with van der Waals surface area (Å²) in [6, 6.07) is 5.35. The van der Waals surface area contributed by atoms with Crippen molar-refractivity contribution in [1.82, 2.24) is 9.80 Å². The Balaban J connectivity index is 1.43. The lowest BCUT2D eigenvalue weighted by atomic mass is 9.78. The topological polar surface area (TPSA) is 77.9 Å². The standard InChI is InChI=1S/C21H22Cl2N2O4S/c22-12-5-6-15-16(11-12)30-18(17(15)23)20(27)25-9-7-24(8-10-25)19(26)13-3-1-2-4-14(13)21(28)29/h5-6,11,13-14H,1-4,7-10H2,(H,28,29). The van der Waals surface area contributed by atoms with Crippen LogP contribution in [-0.4, -0.2) is 58.9 Å². The van der Waals surface area contributed by atoms with Gasteiger partial charge in [-0.1, -0.05) is 42.1 Å². The Kier molecular flexibility index (Phi) is 6.23. The molecule has 2 atom stereocenters. The fourth-order valence-electron chi connectivity index (χ4n) is 4.41. The van der Waals surface area contributed by atoms with Crippen molar-refractivity contribution in [3.8, 4) is 0 Å². The number of carbonyl (C=O) groups is 3. The third kappa shape index (κ3) is 4.03. The third-order valence-electron chi connectivity index (χ3n) is 6.06. The molecule has 6 nitrogen and oxygen atoms in total. The van der Waals surface area contributed by atoms with Crippen LogP contribution in [0.3, 0.4) is 0 Å². The highest BCUT2D eigenvalue weighted by Crippen LogP contribution is 2.37. The number of hydrogen-bond donors (Lipinski definition) is 1. The van der Waals surface area contributed by atoms with Crippen molar-refractivity contribution in [3.63, 3.8) is 0 Å². The van der Waals surface area contributed by atoms with Crippen LogP contribution in [-0.2, 0) is 9.59 Å². The fraction of sp³-hybridized carbons (Fsp3) is 0.476. The summed E-state index contributed by atoms with van der Waals surface area (Å²) in [5, 5.41) is 11.3. The number of carboxylic acids is 1. The van der Waals surface area contributed by atoms with Crippen LogP contribution in [0.4, 0.5) is 0 Å². The zero-order valence-corrected chi connectivity index (χ0v) is 18.6. The summed E-state index contributed by atoms with van der Waals surface area (Å²) < 4.78 is 0.863. The van der Waals surface area contributed by atoms with Gasteiger partial charge in [-0.15, -0.1) is 11.3 Å². The molecule has 0 spiro atoms. The van der Waals surface area contributed by atoms with Gasteiger partial charge >= 0.3 is 5.97 Å². The van der Waals surface area contributed by atoms with Gasteiger partial charge in [-0.25, -0.2) is 0 Å². The largest absolute Gasteiger partial charge is 0.481 e. The molecule has 2 aliphatic rings. The monoisotopic (exact) mass is 468 g/mol. The van der Waals surface area contributed by atoms with Crippen molar-refractivity contribution in [2.45, 2.75) is 25.7 Å². The molecule has 1 saturated carbocycles. The number of fused-ring (bicyclic) bond motifs is 1. The van der Waals surface area contributed by atoms with Crippen LogP contribution >= 0.6 is 34.5 Å². The second kappa shape index (κ2) is 8.73. The zero-order chi connectivity index (χ0) is 21.4. The van der Waals surface area contributed by atoms with Gasteiger partial charge in [-0.2, -0.15) is 0 Å². The predicted octanol–water partition coefficient (Wildman–Crippen LogP) is 4.38. The summed E-state index contributed by atoms with van der Waals surface area (Å²) in [6.45, 7) is 1.62. The van der Waals surface area contributed by atoms with E-state index in [-0.39, 0.29) is 11.8 Å². The van der Waals surface area contributed by atoms with Gasteiger partial charge in [0, 0.05) is 41.3 Å². The lowest BCUT2D eigenvalue weighted by molar-refractivity contribution is -0.152. The Morgan fingerprint density at radius 2 is 1.60 bits per heavy atom. The van der Waals surface area contributed by atoms with E-state index in [0.29, 0.717) is 53.9 Å². The first-order valence-corrected chi connectivity index (χ1v) is 11.6. The summed E-state index contributed by atoms with van der Waals surface area (Å²) in [4.78, 5) is 41.4. The number of piperazine rings is 1. The number of benzene rings is 1. The lowest BCUT2D eigenvalue weighted by Gasteiger charge is -2.38. The Hall–Kier alpha value is -1.83. The Morgan fingerprint density at radius 1 is 0.967 bits per heavy atom. The quantitative estimate of drug-likeness (QED) is 0.724. The molecule has 1 aromatic carbocycles. The van der Waals surface area contributed by atoms with Crippen molar-refractivity contribution < 1.29 is 19.5 Å². The van der Waals surface area contributed by atoms with Crippen molar-refractivity contribution in [3.05, 3.63) is 33.1 Å². The first-order chi connectivity index (χ1) is 14.4. The van der Waals surface area contributed by atoms with Gasteiger partial charge in [-0.05, 0) is 25.0 Å². The van der Waals surface area contributed by atoms with Crippen LogP contribution in [0, 0.1) is 11.8 Å². The number of amides is 2. The molecule has 1 N–H and O–H groups in total. The maximum atomic E-state index is 13.0. The summed E-state index contributed by atoms with van der Waals surface area (Å²) in [6.07, 6.45) is 2.91. The average molecular weight is 469 g/mol. The van der Waals surface area contributed by atoms with Crippen LogP contribution in [0.25, 0.3) is 10.1 Å². The molecular formula is C21H22Cl2N2O4S. The van der Waals surface area contributed by atoms with Gasteiger partial charge in [0.05, 0.1) is 16.9 Å². The molecule has 1 aliphatic carbocycles. The maximum Gasteiger partial charge on any atom is 0.307 e. The number of aliphatic carboxylic acids is 1. The molecule has 0 radical (unpaired) electrons. The van der Waals surface area contributed by atoms with Crippen molar-refractivity contribution in [1.29, 1.82) is 0 Å². The minimum atomic E-state index is -0.888. The molecule has 1 aliphatic heterocycles. The molecule has 160 valence electrons. The number of carboxylic acid groups (broad SMARTS) is 1. The zero-order valence-electron chi connectivity index (χ0n) is 16.3. The number of nitrogens with zero attached hydrogens (tertiary/aromatic N) is 2. The van der Waals surface area contributed by atoms with Gasteiger partial charge in [0.1, 0.15) is 4.88 Å². The molecule has 9 heteroatoms. The predicted molar refractivity (Wildman–Crippen MR) is 117 cm³/mol. The number of rotatable bonds is 3. The minimum absolute atomic E-state index is 0.0938. The summed E-state index contributed by atoms with van der Waals surface area (Å²) in [5.74, 6) is -2.19. The summed E-state index contributed by atoms with van der Waals surface area (Å²) in [7, 11) is 0. The van der Waals surface area contributed by atoms with E-state index in [9.17, 15) is 19.5 Å². The Labute approximate surface area is 188 Å². The van der Waals surface area contributed by atoms with Crippen LogP contribution in [0.1, 0.15) is 35.4 Å². The second-order valence-corrected chi connectivity index (χ2v) is 9.71. The highest BCUT2D eigenvalue weighted by molar-refractivity contribution is 7.21. The van der Waals surface area contributed by atoms with E-state index in [1.807, 2.05) is 6.07 Å². The molecule has 1 saturated heterocycles. The molecule has 1 aromatic heterocycles. The molecular weight excluding hydrogens is 447 g/mol. The van der Waals surface area contributed by atoms with Crippen LogP contribution < -0.4 is 0 Å². The average Bonchev–Trinajstić information content (AvgIpc) is 3.08. The number of carbonyl (C=O) groups excluding carboxylic acids is 2. The normalized spacial score (nSPS) is 22.3. The van der Waals surface area contributed by atoms with Crippen molar-refractivity contribution in [2.75, 3.05) is 26.2 Å². The molecule has 4 rings (SSSR count). The highest BCUT2D eigenvalue weighted by atomic mass is 35.5. The second-order valence-electron chi connectivity index (χ2n) is 7.84. The number of thiophene rings is 1. The van der Waals surface area contributed by atoms with Gasteiger partial charge in [-0.3, -0.25) is 14.4 Å². The lowest BCUT2D eigenvalue weighted by Crippen LogP contribution is -2.53. The van der Waals surface area contributed by atoms with Gasteiger partial charge < -0.3 is 14.9 Å². The highest BCUT2D eigenvalue weighted by Gasteiger charge is 2.39. The van der Waals surface area contributed by atoms with E-state index in [2.05, 4.69) is 0 Å². The van der Waals surface area contributed by atoms with Gasteiger partial charge in [0.15, 0.2) is 0 Å². The van der Waals surface area contributed by atoms with Crippen molar-refractivity contribution in [2.24, 2.45) is 11.8 Å². The SMILES string of the molecule is O=C(O)C1CCCCC1C(=O)N1CCN(C(=O)c2sc3cc(Cl)ccc3c2Cl)CC1. The van der Waals surface area contributed by atoms with Gasteiger partial charge in [0.25, 0.3) is 5.91 Å². The summed E-state index contributed by atoms with van der Waals surface area (Å²) >= 11 is 13.8. The number of hydrogen-bond acceptors (Lipinski definition) is 4. The van der Waals surface area contributed by atoms with Crippen LogP contribution in [0.2, 0.25) is 10.0 Å². The fourth-order valence-corrected chi connectivity index (χ4v) is 6.16. The first kappa shape index (κ1) is 21.4. The first-order valence-electron chi connectivity index (χ1n) is 10.0. The van der Waals surface area contributed by atoms with Crippen LogP contribution in [0.15, 0.2) is 18.2 Å².